The van der Waals surface area contributed by atoms with E-state index in [4.69, 9.17) is 5.73 Å². The number of ketones is 1. The Morgan fingerprint density at radius 2 is 1.11 bits per heavy atom. The van der Waals surface area contributed by atoms with Gasteiger partial charge in [0, 0.05) is 12.0 Å². The SMILES string of the molecule is CCCCCCCCCCCCCCCC(C(=O)C(N)=O)C(C)N(CC)CC. The first-order valence-corrected chi connectivity index (χ1v) is 12.1. The molecule has 0 saturated heterocycles. The minimum absolute atomic E-state index is 0.0762. The van der Waals surface area contributed by atoms with Crippen molar-refractivity contribution in [2.45, 2.75) is 124 Å². The predicted octanol–water partition coefficient (Wildman–Crippen LogP) is 5.87. The number of nitrogens with two attached hydrogens (primary N) is 1. The summed E-state index contributed by atoms with van der Waals surface area (Å²) in [5.41, 5.74) is 5.29. The van der Waals surface area contributed by atoms with Gasteiger partial charge in [-0.05, 0) is 26.4 Å². The van der Waals surface area contributed by atoms with Crippen molar-refractivity contribution >= 4 is 11.7 Å². The number of nitrogens with zero attached hydrogens (tertiary/aromatic N) is 1. The van der Waals surface area contributed by atoms with E-state index in [1.807, 2.05) is 0 Å². The third-order valence-corrected chi connectivity index (χ3v) is 6.17. The highest BCUT2D eigenvalue weighted by atomic mass is 16.2. The molecule has 0 radical (unpaired) electrons. The molecule has 4 heteroatoms. The summed E-state index contributed by atoms with van der Waals surface area (Å²) in [5, 5.41) is 0. The predicted molar refractivity (Wildman–Crippen MR) is 120 cm³/mol. The topological polar surface area (TPSA) is 63.4 Å². The van der Waals surface area contributed by atoms with E-state index in [0.29, 0.717) is 0 Å². The third kappa shape index (κ3) is 12.5. The lowest BCUT2D eigenvalue weighted by atomic mass is 9.88. The summed E-state index contributed by atoms with van der Waals surface area (Å²) in [6.07, 6.45) is 17.8. The maximum Gasteiger partial charge on any atom is 0.285 e. The Morgan fingerprint density at radius 1 is 0.714 bits per heavy atom. The summed E-state index contributed by atoms with van der Waals surface area (Å²) in [5.74, 6) is -1.43. The van der Waals surface area contributed by atoms with E-state index >= 15 is 0 Å². The summed E-state index contributed by atoms with van der Waals surface area (Å²) in [7, 11) is 0. The van der Waals surface area contributed by atoms with E-state index in [0.717, 1.165) is 32.4 Å². The first kappa shape index (κ1) is 27.1. The number of carbonyl (C=O) groups excluding carboxylic acids is 2. The van der Waals surface area contributed by atoms with Gasteiger partial charge in [0.2, 0.25) is 5.78 Å². The number of amides is 1. The Hall–Kier alpha value is -0.900. The first-order valence-electron chi connectivity index (χ1n) is 12.1. The molecule has 0 aliphatic rings. The van der Waals surface area contributed by atoms with Crippen molar-refractivity contribution in [3.63, 3.8) is 0 Å². The minimum Gasteiger partial charge on any atom is -0.363 e. The molecule has 0 bridgehead atoms. The number of hydrogen-bond acceptors (Lipinski definition) is 3. The second-order valence-electron chi connectivity index (χ2n) is 8.33. The van der Waals surface area contributed by atoms with Crippen LogP contribution in [-0.2, 0) is 9.59 Å². The highest BCUT2D eigenvalue weighted by molar-refractivity contribution is 6.36. The van der Waals surface area contributed by atoms with Crippen molar-refractivity contribution in [3.05, 3.63) is 0 Å². The summed E-state index contributed by atoms with van der Waals surface area (Å²) in [6, 6.07) is 0.0762. The quantitative estimate of drug-likeness (QED) is 0.207. The largest absolute Gasteiger partial charge is 0.363 e. The van der Waals surface area contributed by atoms with E-state index in [2.05, 4.69) is 32.6 Å². The molecule has 2 N–H and O–H groups in total. The van der Waals surface area contributed by atoms with Crippen LogP contribution < -0.4 is 5.73 Å². The standard InChI is InChI=1S/C24H48N2O2/c1-5-8-9-10-11-12-13-14-15-16-17-18-19-20-22(23(27)24(25)28)21(4)26(6-2)7-3/h21-22H,5-20H2,1-4H3,(H2,25,28). The van der Waals surface area contributed by atoms with Gasteiger partial charge in [0.1, 0.15) is 0 Å². The van der Waals surface area contributed by atoms with Gasteiger partial charge in [-0.3, -0.25) is 9.59 Å². The molecule has 2 unspecified atom stereocenters. The lowest BCUT2D eigenvalue weighted by Gasteiger charge is -2.32. The van der Waals surface area contributed by atoms with Crippen LogP contribution >= 0.6 is 0 Å². The zero-order valence-corrected chi connectivity index (χ0v) is 19.3. The Balaban J connectivity index is 3.91. The average molecular weight is 397 g/mol. The van der Waals surface area contributed by atoms with E-state index < -0.39 is 11.7 Å². The number of unbranched alkanes of at least 4 members (excludes halogenated alkanes) is 12. The Kier molecular flexibility index (Phi) is 17.6. The van der Waals surface area contributed by atoms with Gasteiger partial charge in [-0.2, -0.15) is 0 Å². The van der Waals surface area contributed by atoms with Crippen LogP contribution in [0.2, 0.25) is 0 Å². The molecule has 1 amide bonds. The summed E-state index contributed by atoms with van der Waals surface area (Å²) < 4.78 is 0. The van der Waals surface area contributed by atoms with E-state index in [1.165, 1.54) is 70.6 Å². The van der Waals surface area contributed by atoms with Gasteiger partial charge < -0.3 is 10.6 Å². The molecule has 0 aromatic heterocycles. The Morgan fingerprint density at radius 3 is 1.46 bits per heavy atom. The molecule has 0 aliphatic heterocycles. The molecule has 0 fully saturated rings. The molecule has 0 rings (SSSR count). The van der Waals surface area contributed by atoms with Gasteiger partial charge in [-0.25, -0.2) is 0 Å². The number of primary amides is 1. The van der Waals surface area contributed by atoms with Crippen molar-refractivity contribution < 1.29 is 9.59 Å². The molecule has 2 atom stereocenters. The highest BCUT2D eigenvalue weighted by Crippen LogP contribution is 2.21. The summed E-state index contributed by atoms with van der Waals surface area (Å²) in [6.45, 7) is 10.3. The normalized spacial score (nSPS) is 13.6. The van der Waals surface area contributed by atoms with Crippen molar-refractivity contribution in [3.8, 4) is 0 Å². The fourth-order valence-electron chi connectivity index (χ4n) is 4.21. The molecule has 0 heterocycles. The molecule has 4 nitrogen and oxygen atoms in total. The minimum atomic E-state index is -0.779. The molecule has 0 aromatic carbocycles. The van der Waals surface area contributed by atoms with Gasteiger partial charge in [0.15, 0.2) is 0 Å². The van der Waals surface area contributed by atoms with Crippen LogP contribution in [0.4, 0.5) is 0 Å². The first-order chi connectivity index (χ1) is 13.5. The zero-order chi connectivity index (χ0) is 21.2. The van der Waals surface area contributed by atoms with Gasteiger partial charge >= 0.3 is 0 Å². The van der Waals surface area contributed by atoms with Crippen LogP contribution in [0.1, 0.15) is 118 Å². The van der Waals surface area contributed by atoms with Crippen molar-refractivity contribution in [2.75, 3.05) is 13.1 Å². The molecule has 0 aliphatic carbocycles. The number of Topliss-reactive ketones (excluding diaryl/α,β-unsaturated/α-hetero) is 1. The second-order valence-corrected chi connectivity index (χ2v) is 8.33. The fraction of sp³-hybridized carbons (Fsp3) is 0.917. The van der Waals surface area contributed by atoms with Crippen molar-refractivity contribution in [1.82, 2.24) is 4.90 Å². The van der Waals surface area contributed by atoms with Gasteiger partial charge in [0.25, 0.3) is 5.91 Å². The second kappa shape index (κ2) is 18.1. The van der Waals surface area contributed by atoms with E-state index in [9.17, 15) is 9.59 Å². The number of rotatable bonds is 20. The van der Waals surface area contributed by atoms with Crippen LogP contribution in [0.5, 0.6) is 0 Å². The van der Waals surface area contributed by atoms with Crippen LogP contribution in [0, 0.1) is 5.92 Å². The summed E-state index contributed by atoms with van der Waals surface area (Å²) >= 11 is 0. The smallest absolute Gasteiger partial charge is 0.285 e. The molecule has 28 heavy (non-hydrogen) atoms. The van der Waals surface area contributed by atoms with Gasteiger partial charge in [-0.15, -0.1) is 0 Å². The van der Waals surface area contributed by atoms with Crippen LogP contribution in [0.15, 0.2) is 0 Å². The summed E-state index contributed by atoms with van der Waals surface area (Å²) in [4.78, 5) is 25.9. The molecule has 0 aromatic rings. The lowest BCUT2D eigenvalue weighted by molar-refractivity contribution is -0.139. The monoisotopic (exact) mass is 396 g/mol. The molecular weight excluding hydrogens is 348 g/mol. The van der Waals surface area contributed by atoms with Gasteiger partial charge in [0.05, 0.1) is 0 Å². The highest BCUT2D eigenvalue weighted by Gasteiger charge is 2.30. The number of carbonyl (C=O) groups is 2. The molecule has 0 spiro atoms. The Labute approximate surface area is 175 Å². The van der Waals surface area contributed by atoms with Crippen LogP contribution in [0.25, 0.3) is 0 Å². The average Bonchev–Trinajstić information content (AvgIpc) is 2.68. The Bertz CT molecular complexity index is 394. The number of hydrogen-bond donors (Lipinski definition) is 1. The maximum atomic E-state index is 12.3. The van der Waals surface area contributed by atoms with E-state index in [-0.39, 0.29) is 12.0 Å². The zero-order valence-electron chi connectivity index (χ0n) is 19.3. The molecule has 166 valence electrons. The van der Waals surface area contributed by atoms with Crippen LogP contribution in [0.3, 0.4) is 0 Å². The van der Waals surface area contributed by atoms with Crippen molar-refractivity contribution in [2.24, 2.45) is 11.7 Å². The lowest BCUT2D eigenvalue weighted by Crippen LogP contribution is -2.45. The van der Waals surface area contributed by atoms with Crippen molar-refractivity contribution in [1.29, 1.82) is 0 Å². The maximum absolute atomic E-state index is 12.3. The van der Waals surface area contributed by atoms with Crippen LogP contribution in [-0.4, -0.2) is 35.7 Å². The third-order valence-electron chi connectivity index (χ3n) is 6.17. The fourth-order valence-corrected chi connectivity index (χ4v) is 4.21. The van der Waals surface area contributed by atoms with Gasteiger partial charge in [-0.1, -0.05) is 104 Å². The molecular formula is C24H48N2O2. The molecule has 0 saturated carbocycles. The van der Waals surface area contributed by atoms with E-state index in [1.54, 1.807) is 0 Å².